The van der Waals surface area contributed by atoms with Gasteiger partial charge in [-0.2, -0.15) is 0 Å². The number of aromatic nitrogens is 3. The highest BCUT2D eigenvalue weighted by Gasteiger charge is 2.18. The number of rotatable bonds is 7. The normalized spacial score (nSPS) is 12.2. The fraction of sp³-hybridized carbons (Fsp3) is 0.269. The Morgan fingerprint density at radius 1 is 1.00 bits per heavy atom. The van der Waals surface area contributed by atoms with Crippen LogP contribution >= 0.6 is 0 Å². The van der Waals surface area contributed by atoms with Crippen LogP contribution in [-0.2, 0) is 17.8 Å². The molecule has 2 aromatic carbocycles. The van der Waals surface area contributed by atoms with Gasteiger partial charge in [-0.3, -0.25) is 4.79 Å². The maximum atomic E-state index is 11.5. The van der Waals surface area contributed by atoms with Crippen LogP contribution in [0.4, 0.5) is 0 Å². The van der Waals surface area contributed by atoms with Gasteiger partial charge in [-0.1, -0.05) is 61.5 Å². The minimum Gasteiger partial charge on any atom is -0.481 e. The van der Waals surface area contributed by atoms with Gasteiger partial charge in [-0.25, -0.2) is 9.97 Å². The van der Waals surface area contributed by atoms with Crippen LogP contribution in [0, 0.1) is 13.8 Å². The lowest BCUT2D eigenvalue weighted by molar-refractivity contribution is -0.137. The van der Waals surface area contributed by atoms with Gasteiger partial charge in [0.2, 0.25) is 0 Å². The second-order valence-electron chi connectivity index (χ2n) is 8.02. The number of aryl methyl sites for hydroxylation is 3. The number of carbonyl (C=O) groups is 1. The van der Waals surface area contributed by atoms with Crippen molar-refractivity contribution in [3.05, 3.63) is 94.4 Å². The molecule has 0 aliphatic heterocycles. The summed E-state index contributed by atoms with van der Waals surface area (Å²) in [7, 11) is 0. The highest BCUT2D eigenvalue weighted by molar-refractivity contribution is 5.76. The summed E-state index contributed by atoms with van der Waals surface area (Å²) < 4.78 is 2.19. The predicted octanol–water partition coefficient (Wildman–Crippen LogP) is 5.27. The van der Waals surface area contributed by atoms with Gasteiger partial charge >= 0.3 is 5.97 Å². The predicted molar refractivity (Wildman–Crippen MR) is 122 cm³/mol. The van der Waals surface area contributed by atoms with Gasteiger partial charge in [-0.15, -0.1) is 0 Å². The maximum Gasteiger partial charge on any atom is 0.304 e. The zero-order valence-electron chi connectivity index (χ0n) is 18.2. The Balaban J connectivity index is 1.67. The number of carboxylic acid groups (broad SMARTS) is 1. The number of carboxylic acids is 1. The summed E-state index contributed by atoms with van der Waals surface area (Å²) in [6.45, 7) is 6.88. The Kier molecular flexibility index (Phi) is 5.85. The molecule has 0 spiro atoms. The van der Waals surface area contributed by atoms with Gasteiger partial charge in [-0.05, 0) is 42.2 Å². The first kappa shape index (κ1) is 20.8. The second kappa shape index (κ2) is 8.72. The summed E-state index contributed by atoms with van der Waals surface area (Å²) in [6.07, 6.45) is 0.902. The van der Waals surface area contributed by atoms with E-state index in [0.29, 0.717) is 6.54 Å². The van der Waals surface area contributed by atoms with Crippen LogP contribution in [0.1, 0.15) is 53.0 Å². The van der Waals surface area contributed by atoms with E-state index in [9.17, 15) is 9.90 Å². The van der Waals surface area contributed by atoms with Crippen molar-refractivity contribution in [1.82, 2.24) is 14.5 Å². The Morgan fingerprint density at radius 2 is 1.68 bits per heavy atom. The van der Waals surface area contributed by atoms with Crippen LogP contribution in [0.3, 0.4) is 0 Å². The van der Waals surface area contributed by atoms with Crippen molar-refractivity contribution in [1.29, 1.82) is 0 Å². The SMILES string of the molecule is CCc1nc2c(C)cc(C)nc2n1Cc1ccc(C(CC(=O)O)c2ccccc2)cc1. The number of hydrogen-bond acceptors (Lipinski definition) is 3. The first-order valence-electron chi connectivity index (χ1n) is 10.6. The van der Waals surface area contributed by atoms with Crippen molar-refractivity contribution in [3.8, 4) is 0 Å². The zero-order valence-corrected chi connectivity index (χ0v) is 18.2. The van der Waals surface area contributed by atoms with Gasteiger partial charge in [0.15, 0.2) is 5.65 Å². The molecule has 158 valence electrons. The monoisotopic (exact) mass is 413 g/mol. The number of hydrogen-bond donors (Lipinski definition) is 1. The fourth-order valence-electron chi connectivity index (χ4n) is 4.21. The van der Waals surface area contributed by atoms with E-state index in [-0.39, 0.29) is 12.3 Å². The molecule has 4 aromatic rings. The summed E-state index contributed by atoms with van der Waals surface area (Å²) in [4.78, 5) is 21.0. The number of aliphatic carboxylic acids is 1. The van der Waals surface area contributed by atoms with Gasteiger partial charge in [0.1, 0.15) is 11.3 Å². The molecule has 1 atom stereocenters. The van der Waals surface area contributed by atoms with E-state index in [0.717, 1.165) is 51.4 Å². The molecule has 0 saturated heterocycles. The summed E-state index contributed by atoms with van der Waals surface area (Å²) in [5.74, 6) is 0.0560. The lowest BCUT2D eigenvalue weighted by atomic mass is 9.88. The van der Waals surface area contributed by atoms with Crippen LogP contribution in [0.15, 0.2) is 60.7 Å². The van der Waals surface area contributed by atoms with E-state index in [1.807, 2.05) is 49.4 Å². The molecular weight excluding hydrogens is 386 g/mol. The van der Waals surface area contributed by atoms with Crippen LogP contribution in [0.2, 0.25) is 0 Å². The van der Waals surface area contributed by atoms with Crippen molar-refractivity contribution in [2.24, 2.45) is 0 Å². The van der Waals surface area contributed by atoms with E-state index in [1.165, 1.54) is 0 Å². The third kappa shape index (κ3) is 4.36. The molecule has 0 amide bonds. The lowest BCUT2D eigenvalue weighted by Crippen LogP contribution is -2.09. The molecular formula is C26H27N3O2. The minimum absolute atomic E-state index is 0.0674. The number of pyridine rings is 1. The molecule has 0 bridgehead atoms. The topological polar surface area (TPSA) is 68.0 Å². The molecule has 2 aromatic heterocycles. The van der Waals surface area contributed by atoms with Crippen LogP contribution in [0.5, 0.6) is 0 Å². The molecule has 0 saturated carbocycles. The molecule has 0 aliphatic rings. The fourth-order valence-corrected chi connectivity index (χ4v) is 4.21. The van der Waals surface area contributed by atoms with Gasteiger partial charge in [0.05, 0.1) is 13.0 Å². The summed E-state index contributed by atoms with van der Waals surface area (Å²) >= 11 is 0. The highest BCUT2D eigenvalue weighted by atomic mass is 16.4. The number of nitrogens with zero attached hydrogens (tertiary/aromatic N) is 3. The second-order valence-corrected chi connectivity index (χ2v) is 8.02. The molecule has 4 rings (SSSR count). The average Bonchev–Trinajstić information content (AvgIpc) is 3.11. The third-order valence-electron chi connectivity index (χ3n) is 5.72. The van der Waals surface area contributed by atoms with E-state index in [4.69, 9.17) is 9.97 Å². The smallest absolute Gasteiger partial charge is 0.304 e. The van der Waals surface area contributed by atoms with Crippen LogP contribution in [-0.4, -0.2) is 25.6 Å². The Morgan fingerprint density at radius 3 is 2.32 bits per heavy atom. The quantitative estimate of drug-likeness (QED) is 0.448. The van der Waals surface area contributed by atoms with Crippen LogP contribution < -0.4 is 0 Å². The Hall–Kier alpha value is -3.47. The molecule has 1 unspecified atom stereocenters. The summed E-state index contributed by atoms with van der Waals surface area (Å²) in [6, 6.07) is 20.2. The number of benzene rings is 2. The van der Waals surface area contributed by atoms with E-state index in [1.54, 1.807) is 0 Å². The van der Waals surface area contributed by atoms with Crippen LogP contribution in [0.25, 0.3) is 11.2 Å². The molecule has 2 heterocycles. The largest absolute Gasteiger partial charge is 0.481 e. The maximum absolute atomic E-state index is 11.5. The minimum atomic E-state index is -0.799. The lowest BCUT2D eigenvalue weighted by Gasteiger charge is -2.17. The summed E-state index contributed by atoms with van der Waals surface area (Å²) in [5.41, 5.74) is 7.18. The number of fused-ring (bicyclic) bond motifs is 1. The van der Waals surface area contributed by atoms with Crippen molar-refractivity contribution in [3.63, 3.8) is 0 Å². The van der Waals surface area contributed by atoms with Crippen molar-refractivity contribution in [2.75, 3.05) is 0 Å². The van der Waals surface area contributed by atoms with Crippen molar-refractivity contribution in [2.45, 2.75) is 46.1 Å². The Labute approximate surface area is 182 Å². The molecule has 5 nitrogen and oxygen atoms in total. The molecule has 5 heteroatoms. The van der Waals surface area contributed by atoms with E-state index >= 15 is 0 Å². The Bertz CT molecular complexity index is 1210. The van der Waals surface area contributed by atoms with Gasteiger partial charge in [0.25, 0.3) is 0 Å². The van der Waals surface area contributed by atoms with Crippen molar-refractivity contribution >= 4 is 17.1 Å². The molecule has 0 radical (unpaired) electrons. The third-order valence-corrected chi connectivity index (χ3v) is 5.72. The molecule has 31 heavy (non-hydrogen) atoms. The summed E-state index contributed by atoms with van der Waals surface area (Å²) in [5, 5.41) is 9.42. The van der Waals surface area contributed by atoms with Gasteiger partial charge in [0, 0.05) is 18.0 Å². The zero-order chi connectivity index (χ0) is 22.0. The molecule has 1 N–H and O–H groups in total. The highest BCUT2D eigenvalue weighted by Crippen LogP contribution is 2.29. The van der Waals surface area contributed by atoms with Crippen molar-refractivity contribution < 1.29 is 9.90 Å². The number of imidazole rings is 1. The van der Waals surface area contributed by atoms with Gasteiger partial charge < -0.3 is 9.67 Å². The standard InChI is InChI=1S/C26H27N3O2/c1-4-23-28-25-17(2)14-18(3)27-26(25)29(23)16-19-10-12-21(13-11-19)22(15-24(30)31)20-8-6-5-7-9-20/h5-14,22H,4,15-16H2,1-3H3,(H,30,31). The van der Waals surface area contributed by atoms with E-state index < -0.39 is 5.97 Å². The molecule has 0 aliphatic carbocycles. The first-order valence-corrected chi connectivity index (χ1v) is 10.6. The average molecular weight is 414 g/mol. The van der Waals surface area contributed by atoms with E-state index in [2.05, 4.69) is 36.6 Å². The first-order chi connectivity index (χ1) is 15.0. The molecule has 0 fully saturated rings.